The molecule has 0 N–H and O–H groups in total. The molecular weight excluding hydrogens is 557 g/mol. The van der Waals surface area contributed by atoms with Gasteiger partial charge in [-0.3, -0.25) is 0 Å². The molecule has 0 aromatic heterocycles. The van der Waals surface area contributed by atoms with Crippen LogP contribution in [0.15, 0.2) is 0 Å². The van der Waals surface area contributed by atoms with Gasteiger partial charge in [-0.2, -0.15) is 0 Å². The monoisotopic (exact) mass is 608 g/mol. The van der Waals surface area contributed by atoms with Gasteiger partial charge in [0.25, 0.3) is 0 Å². The molecule has 7 heteroatoms. The third kappa shape index (κ3) is 23.2. The zero-order valence-electron chi connectivity index (χ0n) is 21.3. The standard InChI is InChI=1S/C24H51O3P.2ClH.Sn/c1-7-13-16-22(10-4)19-25-28(26-20-23(11-5)17-14-8-2)27-21-24(12-6)18-15-9-3;;;/h22-24H,7-21H2,1-6H3;2*1H;/q;;;+2/p-2. The van der Waals surface area contributed by atoms with Crippen LogP contribution in [0.3, 0.4) is 0 Å². The van der Waals surface area contributed by atoms with Crippen LogP contribution in [0.25, 0.3) is 0 Å². The molecule has 0 aliphatic rings. The van der Waals surface area contributed by atoms with Crippen molar-refractivity contribution in [3.8, 4) is 0 Å². The zero-order valence-corrected chi connectivity index (χ0v) is 26.5. The Hall–Kier alpha value is 1.69. The van der Waals surface area contributed by atoms with Crippen LogP contribution < -0.4 is 24.8 Å². The second-order valence-electron chi connectivity index (χ2n) is 8.36. The van der Waals surface area contributed by atoms with Crippen molar-refractivity contribution in [2.75, 3.05) is 19.8 Å². The first kappa shape index (κ1) is 39.9. The number of rotatable bonds is 21. The molecule has 3 nitrogen and oxygen atoms in total. The second kappa shape index (κ2) is 29.7. The van der Waals surface area contributed by atoms with Crippen LogP contribution in [0.4, 0.5) is 0 Å². The fourth-order valence-corrected chi connectivity index (χ4v) is 4.53. The van der Waals surface area contributed by atoms with Crippen molar-refractivity contribution in [3.05, 3.63) is 0 Å². The summed E-state index contributed by atoms with van der Waals surface area (Å²) in [4.78, 5) is 0. The Bertz CT molecular complexity index is 284. The third-order valence-electron chi connectivity index (χ3n) is 5.88. The molecule has 0 rings (SSSR count). The largest absolute Gasteiger partial charge is 2.00 e. The van der Waals surface area contributed by atoms with Crippen molar-refractivity contribution in [3.63, 3.8) is 0 Å². The maximum atomic E-state index is 6.21. The molecule has 0 heterocycles. The van der Waals surface area contributed by atoms with Gasteiger partial charge in [0.15, 0.2) is 0 Å². The van der Waals surface area contributed by atoms with Crippen LogP contribution in [-0.4, -0.2) is 43.7 Å². The van der Waals surface area contributed by atoms with E-state index in [1.165, 1.54) is 77.0 Å². The summed E-state index contributed by atoms with van der Waals surface area (Å²) in [5.41, 5.74) is 0. The van der Waals surface area contributed by atoms with Crippen molar-refractivity contribution in [1.29, 1.82) is 0 Å². The first-order chi connectivity index (χ1) is 13.6. The van der Waals surface area contributed by atoms with Gasteiger partial charge in [-0.25, -0.2) is 0 Å². The van der Waals surface area contributed by atoms with E-state index in [-0.39, 0.29) is 48.7 Å². The van der Waals surface area contributed by atoms with Crippen LogP contribution >= 0.6 is 8.60 Å². The van der Waals surface area contributed by atoms with Gasteiger partial charge in [0.1, 0.15) is 0 Å². The Balaban J connectivity index is -0.00000121. The SMILES string of the molecule is CCCCC(CC)COP(OCC(CC)CCCC)OCC(CC)CCCC.[Cl-].[Cl-].[Sn+2]. The molecule has 0 amide bonds. The molecular formula is C24H51Cl2O3PSn. The Labute approximate surface area is 226 Å². The summed E-state index contributed by atoms with van der Waals surface area (Å²) in [5.74, 6) is 1.88. The molecule has 188 valence electrons. The maximum absolute atomic E-state index is 6.21. The predicted octanol–water partition coefficient (Wildman–Crippen LogP) is 2.54. The Morgan fingerprint density at radius 3 is 0.968 bits per heavy atom. The number of halogens is 2. The smallest absolute Gasteiger partial charge is 1.00 e. The van der Waals surface area contributed by atoms with E-state index in [2.05, 4.69) is 41.5 Å². The average Bonchev–Trinajstić information content (AvgIpc) is 2.73. The fourth-order valence-electron chi connectivity index (χ4n) is 3.30. The summed E-state index contributed by atoms with van der Waals surface area (Å²) in [7, 11) is -1.22. The molecule has 0 aliphatic heterocycles. The van der Waals surface area contributed by atoms with Gasteiger partial charge in [0.05, 0.1) is 19.8 Å². The maximum Gasteiger partial charge on any atom is 2.00 e. The van der Waals surface area contributed by atoms with Crippen LogP contribution in [0.1, 0.15) is 119 Å². The Morgan fingerprint density at radius 1 is 0.516 bits per heavy atom. The predicted molar refractivity (Wildman–Crippen MR) is 130 cm³/mol. The molecule has 0 saturated carbocycles. The van der Waals surface area contributed by atoms with Gasteiger partial charge >= 0.3 is 32.5 Å². The zero-order chi connectivity index (χ0) is 21.0. The van der Waals surface area contributed by atoms with E-state index >= 15 is 0 Å². The normalized spacial score (nSPS) is 14.5. The molecule has 31 heavy (non-hydrogen) atoms. The van der Waals surface area contributed by atoms with Gasteiger partial charge in [-0.05, 0) is 37.0 Å². The van der Waals surface area contributed by atoms with Crippen molar-refractivity contribution < 1.29 is 38.4 Å². The van der Waals surface area contributed by atoms with E-state index in [1.54, 1.807) is 0 Å². The van der Waals surface area contributed by atoms with E-state index < -0.39 is 8.60 Å². The minimum atomic E-state index is -1.22. The first-order valence-electron chi connectivity index (χ1n) is 12.3. The van der Waals surface area contributed by atoms with Gasteiger partial charge in [-0.1, -0.05) is 99.3 Å². The molecule has 3 unspecified atom stereocenters. The van der Waals surface area contributed by atoms with Crippen molar-refractivity contribution in [2.24, 2.45) is 17.8 Å². The number of unbranched alkanes of at least 4 members (excludes halogenated alkanes) is 3. The van der Waals surface area contributed by atoms with Gasteiger partial charge in [-0.15, -0.1) is 0 Å². The van der Waals surface area contributed by atoms with Crippen molar-refractivity contribution >= 4 is 32.5 Å². The van der Waals surface area contributed by atoms with E-state index in [0.29, 0.717) is 17.8 Å². The topological polar surface area (TPSA) is 27.7 Å². The molecule has 0 saturated heterocycles. The molecule has 0 spiro atoms. The molecule has 3 atom stereocenters. The Kier molecular flexibility index (Phi) is 38.2. The van der Waals surface area contributed by atoms with E-state index in [9.17, 15) is 0 Å². The van der Waals surface area contributed by atoms with Crippen LogP contribution in [0.5, 0.6) is 0 Å². The first-order valence-corrected chi connectivity index (χ1v) is 13.4. The fraction of sp³-hybridized carbons (Fsp3) is 1.00. The second-order valence-corrected chi connectivity index (χ2v) is 9.58. The van der Waals surface area contributed by atoms with E-state index in [1.807, 2.05) is 0 Å². The number of hydrogen-bond donors (Lipinski definition) is 0. The van der Waals surface area contributed by atoms with Crippen molar-refractivity contribution in [2.45, 2.75) is 119 Å². The van der Waals surface area contributed by atoms with Crippen LogP contribution in [0, 0.1) is 17.8 Å². The van der Waals surface area contributed by atoms with E-state index in [4.69, 9.17) is 13.6 Å². The van der Waals surface area contributed by atoms with Gasteiger partial charge in [0, 0.05) is 0 Å². The summed E-state index contributed by atoms with van der Waals surface area (Å²) < 4.78 is 18.6. The van der Waals surface area contributed by atoms with Crippen LogP contribution in [-0.2, 0) is 13.6 Å². The van der Waals surface area contributed by atoms with Gasteiger partial charge in [0.2, 0.25) is 0 Å². The summed E-state index contributed by atoms with van der Waals surface area (Å²) >= 11 is 0. The summed E-state index contributed by atoms with van der Waals surface area (Å²) in [6.07, 6.45) is 14.9. The number of hydrogen-bond acceptors (Lipinski definition) is 3. The summed E-state index contributed by atoms with van der Waals surface area (Å²) in [6, 6.07) is 0. The average molecular weight is 608 g/mol. The van der Waals surface area contributed by atoms with E-state index in [0.717, 1.165) is 19.8 Å². The molecule has 0 aromatic rings. The van der Waals surface area contributed by atoms with Gasteiger partial charge < -0.3 is 38.4 Å². The minimum absolute atomic E-state index is 0. The Morgan fingerprint density at radius 2 is 0.774 bits per heavy atom. The molecule has 0 aliphatic carbocycles. The quantitative estimate of drug-likeness (QED) is 0.148. The molecule has 2 radical (unpaired) electrons. The minimum Gasteiger partial charge on any atom is -1.00 e. The summed E-state index contributed by atoms with van der Waals surface area (Å²) in [6.45, 7) is 15.9. The molecule has 0 fully saturated rings. The summed E-state index contributed by atoms with van der Waals surface area (Å²) in [5, 5.41) is 0. The van der Waals surface area contributed by atoms with Crippen molar-refractivity contribution in [1.82, 2.24) is 0 Å². The van der Waals surface area contributed by atoms with Crippen LogP contribution in [0.2, 0.25) is 0 Å². The molecule has 0 aromatic carbocycles. The molecule has 0 bridgehead atoms. The third-order valence-corrected chi connectivity index (χ3v) is 6.96.